The predicted molar refractivity (Wildman–Crippen MR) is 202 cm³/mol. The highest BCUT2D eigenvalue weighted by Gasteiger charge is 2.35. The number of H-pyrrole nitrogens is 1. The summed E-state index contributed by atoms with van der Waals surface area (Å²) in [5.74, 6) is -6.70. The molecular formula is C37H57N6O11P. The van der Waals surface area contributed by atoms with Crippen molar-refractivity contribution in [2.45, 2.75) is 104 Å². The van der Waals surface area contributed by atoms with Crippen molar-refractivity contribution in [2.24, 2.45) is 23.5 Å². The van der Waals surface area contributed by atoms with E-state index in [0.29, 0.717) is 18.7 Å². The molecule has 2 aromatic rings. The van der Waals surface area contributed by atoms with Crippen LogP contribution in [-0.4, -0.2) is 103 Å². The van der Waals surface area contributed by atoms with E-state index < -0.39 is 80.2 Å². The molecule has 1 aromatic heterocycles. The van der Waals surface area contributed by atoms with Gasteiger partial charge >= 0.3 is 7.82 Å². The lowest BCUT2D eigenvalue weighted by atomic mass is 9.89. The molecule has 0 radical (unpaired) electrons. The highest BCUT2D eigenvalue weighted by atomic mass is 31.2. The Morgan fingerprint density at radius 2 is 1.60 bits per heavy atom. The molecule has 0 aliphatic carbocycles. The third kappa shape index (κ3) is 18.3. The van der Waals surface area contributed by atoms with Gasteiger partial charge < -0.3 is 41.1 Å². The number of carbonyl (C=O) groups is 6. The number of aryl methyl sites for hydroxylation is 1. The van der Waals surface area contributed by atoms with Gasteiger partial charge in [0.2, 0.25) is 23.6 Å². The van der Waals surface area contributed by atoms with E-state index in [1.165, 1.54) is 29.9 Å². The molecule has 0 aliphatic heterocycles. The second-order valence-electron chi connectivity index (χ2n) is 14.2. The Kier molecular flexibility index (Phi) is 20.1. The lowest BCUT2D eigenvalue weighted by Gasteiger charge is -2.26. The maximum absolute atomic E-state index is 13.8. The van der Waals surface area contributed by atoms with E-state index in [2.05, 4.69) is 37.3 Å². The first-order chi connectivity index (χ1) is 25.9. The molecule has 0 spiro atoms. The third-order valence-electron chi connectivity index (χ3n) is 9.08. The molecule has 0 aliphatic rings. The molecule has 0 saturated carbocycles. The van der Waals surface area contributed by atoms with Gasteiger partial charge in [0.1, 0.15) is 6.04 Å². The van der Waals surface area contributed by atoms with E-state index in [4.69, 9.17) is 15.5 Å². The molecule has 18 heteroatoms. The fourth-order valence-electron chi connectivity index (χ4n) is 6.10. The van der Waals surface area contributed by atoms with Crippen LogP contribution in [0.2, 0.25) is 0 Å². The van der Waals surface area contributed by atoms with E-state index in [-0.39, 0.29) is 37.6 Å². The molecule has 2 rings (SSSR count). The number of unbranched alkanes of at least 4 members (excludes halogenated alkanes) is 3. The van der Waals surface area contributed by atoms with Crippen molar-refractivity contribution in [3.8, 4) is 0 Å². The average Bonchev–Trinajstić information content (AvgIpc) is 3.62. The van der Waals surface area contributed by atoms with Crippen molar-refractivity contribution in [3.63, 3.8) is 0 Å². The molecule has 0 bridgehead atoms. The minimum Gasteiger partial charge on any atom is -0.394 e. The number of aliphatic hydroxyl groups is 1. The Bertz CT molecular complexity index is 1580. The Hall–Kier alpha value is -4.28. The van der Waals surface area contributed by atoms with Gasteiger partial charge in [-0.05, 0) is 44.1 Å². The van der Waals surface area contributed by atoms with Crippen LogP contribution in [0.3, 0.4) is 0 Å². The van der Waals surface area contributed by atoms with Gasteiger partial charge in [0.05, 0.1) is 43.5 Å². The van der Waals surface area contributed by atoms with Gasteiger partial charge in [-0.3, -0.25) is 33.3 Å². The number of nitrogens with two attached hydrogens (primary N) is 1. The number of nitrogens with zero attached hydrogens (tertiary/aromatic N) is 2. The topological polar surface area (TPSA) is 271 Å². The molecule has 4 amide bonds. The fourth-order valence-corrected chi connectivity index (χ4v) is 6.68. The minimum atomic E-state index is -5.04. The van der Waals surface area contributed by atoms with Crippen LogP contribution >= 0.6 is 7.82 Å². The Morgan fingerprint density at radius 1 is 0.945 bits per heavy atom. The summed E-state index contributed by atoms with van der Waals surface area (Å²) in [7, 11) is -5.04. The minimum absolute atomic E-state index is 0.0349. The number of phosphoric acid groups is 1. The summed E-state index contributed by atoms with van der Waals surface area (Å²) in [4.78, 5) is 105. The number of hydrogen-bond donors (Lipinski definition) is 7. The number of nitrogens with one attached hydrogen (secondary N) is 3. The number of carbonyl (C=O) groups excluding carboxylic acids is 6. The highest BCUT2D eigenvalue weighted by molar-refractivity contribution is 7.46. The van der Waals surface area contributed by atoms with Gasteiger partial charge in [-0.15, -0.1) is 0 Å². The number of primary amides is 1. The molecule has 1 aromatic carbocycles. The number of phosphoric ester groups is 1. The quantitative estimate of drug-likeness (QED) is 0.0504. The van der Waals surface area contributed by atoms with Crippen LogP contribution in [0.25, 0.3) is 0 Å². The molecular weight excluding hydrogens is 735 g/mol. The maximum atomic E-state index is 13.8. The standard InChI is InChI=1S/C37H57N6O11P/c1-24(2)16-31(41-35(48)21-43(26(4)45)15-11-6-5-8-12-27-13-9-7-10-14-27)33(46)18-28(17-29-20-39-23-40-29)37(50)42-32(22-44)34(47)19-30(36(38)49)25(3)54-55(51,52)53/h7,9-10,13-14,20,23-25,28,30-32,44H,5-6,8,11-12,15-19,21-22H2,1-4H3,(H2,38,49)(H,39,40)(H,41,48)(H,42,50)(H2,51,52,53)/t25-,28-,30+,31+,32+/m1/s1. The largest absolute Gasteiger partial charge is 0.469 e. The van der Waals surface area contributed by atoms with Crippen molar-refractivity contribution in [1.29, 1.82) is 0 Å². The van der Waals surface area contributed by atoms with Crippen molar-refractivity contribution < 1.29 is 52.7 Å². The number of benzene rings is 1. The number of rotatable bonds is 27. The number of amides is 4. The van der Waals surface area contributed by atoms with Gasteiger partial charge in [-0.2, -0.15) is 0 Å². The van der Waals surface area contributed by atoms with Crippen LogP contribution < -0.4 is 16.4 Å². The van der Waals surface area contributed by atoms with E-state index in [1.54, 1.807) is 0 Å². The van der Waals surface area contributed by atoms with Crippen LogP contribution in [0.1, 0.15) is 83.9 Å². The van der Waals surface area contributed by atoms with E-state index in [1.807, 2.05) is 32.0 Å². The summed E-state index contributed by atoms with van der Waals surface area (Å²) in [5.41, 5.74) is 7.10. The number of hydrogen-bond acceptors (Lipinski definition) is 10. The zero-order valence-corrected chi connectivity index (χ0v) is 32.9. The molecule has 55 heavy (non-hydrogen) atoms. The molecule has 306 valence electrons. The zero-order chi connectivity index (χ0) is 41.1. The summed E-state index contributed by atoms with van der Waals surface area (Å²) < 4.78 is 15.8. The number of Topliss-reactive ketones (excluding diaryl/α,β-unsaturated/α-hetero) is 2. The maximum Gasteiger partial charge on any atom is 0.469 e. The smallest absolute Gasteiger partial charge is 0.394 e. The van der Waals surface area contributed by atoms with E-state index >= 15 is 0 Å². The Labute approximate surface area is 321 Å². The molecule has 8 N–H and O–H groups in total. The van der Waals surface area contributed by atoms with Gasteiger partial charge in [0.25, 0.3) is 0 Å². The predicted octanol–water partition coefficient (Wildman–Crippen LogP) is 1.75. The Morgan fingerprint density at radius 3 is 2.16 bits per heavy atom. The van der Waals surface area contributed by atoms with Gasteiger partial charge in [-0.25, -0.2) is 9.55 Å². The molecule has 17 nitrogen and oxygen atoms in total. The van der Waals surface area contributed by atoms with Gasteiger partial charge in [-0.1, -0.05) is 57.0 Å². The van der Waals surface area contributed by atoms with Crippen molar-refractivity contribution in [3.05, 3.63) is 54.1 Å². The first-order valence-corrected chi connectivity index (χ1v) is 20.0. The SMILES string of the molecule is CC(=O)N(CCCCCCc1ccccc1)CC(=O)N[C@@H](CC(C)C)C(=O)C[C@@H](Cc1cnc[nH]1)C(=O)N[C@@H](CO)C(=O)C[C@H](C(N)=O)[C@@H](C)OP(=O)(O)O. The second kappa shape index (κ2) is 23.6. The summed E-state index contributed by atoms with van der Waals surface area (Å²) in [6.45, 7) is 5.48. The number of imidazole rings is 1. The van der Waals surface area contributed by atoms with Gasteiger partial charge in [0.15, 0.2) is 11.6 Å². The molecule has 5 atom stereocenters. The summed E-state index contributed by atoms with van der Waals surface area (Å²) >= 11 is 0. The van der Waals surface area contributed by atoms with Crippen molar-refractivity contribution in [1.82, 2.24) is 25.5 Å². The summed E-state index contributed by atoms with van der Waals surface area (Å²) in [6.07, 6.45) is 4.99. The van der Waals surface area contributed by atoms with Crippen LogP contribution in [0.15, 0.2) is 42.9 Å². The van der Waals surface area contributed by atoms with E-state index in [9.17, 15) is 38.4 Å². The fraction of sp³-hybridized carbons (Fsp3) is 0.595. The number of aromatic nitrogens is 2. The normalized spacial score (nSPS) is 14.3. The Balaban J connectivity index is 2.10. The van der Waals surface area contributed by atoms with Crippen LogP contribution in [0, 0.1) is 17.8 Å². The first-order valence-electron chi connectivity index (χ1n) is 18.5. The first kappa shape index (κ1) is 46.9. The molecule has 0 fully saturated rings. The van der Waals surface area contributed by atoms with Crippen LogP contribution in [-0.2, 0) is 50.7 Å². The third-order valence-corrected chi connectivity index (χ3v) is 9.69. The molecule has 0 saturated heterocycles. The second-order valence-corrected chi connectivity index (χ2v) is 15.4. The molecule has 0 unspecified atom stereocenters. The number of aromatic amines is 1. The monoisotopic (exact) mass is 792 g/mol. The number of aliphatic hydroxyl groups excluding tert-OH is 1. The summed E-state index contributed by atoms with van der Waals surface area (Å²) in [5, 5.41) is 15.2. The lowest BCUT2D eigenvalue weighted by molar-refractivity contribution is -0.137. The van der Waals surface area contributed by atoms with Crippen LogP contribution in [0.5, 0.6) is 0 Å². The molecule has 1 heterocycles. The van der Waals surface area contributed by atoms with E-state index in [0.717, 1.165) is 32.6 Å². The lowest BCUT2D eigenvalue weighted by Crippen LogP contribution is -2.50. The van der Waals surface area contributed by atoms with Crippen LogP contribution in [0.4, 0.5) is 0 Å². The zero-order valence-electron chi connectivity index (χ0n) is 32.0. The van der Waals surface area contributed by atoms with Gasteiger partial charge in [0, 0.05) is 44.6 Å². The number of ketones is 2. The average molecular weight is 793 g/mol. The van der Waals surface area contributed by atoms with Crippen molar-refractivity contribution in [2.75, 3.05) is 19.7 Å². The highest BCUT2D eigenvalue weighted by Crippen LogP contribution is 2.39. The van der Waals surface area contributed by atoms with Crippen molar-refractivity contribution >= 4 is 43.0 Å². The summed E-state index contributed by atoms with van der Waals surface area (Å²) in [6, 6.07) is 7.60.